The number of hydrogen-bond acceptors (Lipinski definition) is 3. The van der Waals surface area contributed by atoms with Gasteiger partial charge in [0, 0.05) is 11.3 Å². The molecule has 0 spiro atoms. The third-order valence-electron chi connectivity index (χ3n) is 2.85. The Labute approximate surface area is 110 Å². The van der Waals surface area contributed by atoms with Gasteiger partial charge in [-0.3, -0.25) is 9.59 Å². The van der Waals surface area contributed by atoms with Gasteiger partial charge in [0.05, 0.1) is 11.8 Å². The van der Waals surface area contributed by atoms with E-state index in [0.29, 0.717) is 16.9 Å². The van der Waals surface area contributed by atoms with E-state index in [0.717, 1.165) is 5.69 Å². The lowest BCUT2D eigenvalue weighted by molar-refractivity contribution is 0.103. The standard InChI is InChI=1S/C15H15NO3/c1-9-7-11(3)16-15(18)13(9)14(17)10(2)8-12-5-4-6-19-12/h4-8H,1-3H3,(H,16,18)/b10-8+. The lowest BCUT2D eigenvalue weighted by Gasteiger charge is -2.05. The van der Waals surface area contributed by atoms with Crippen LogP contribution in [0.4, 0.5) is 0 Å². The molecule has 0 aliphatic carbocycles. The van der Waals surface area contributed by atoms with Crippen molar-refractivity contribution >= 4 is 11.9 Å². The highest BCUT2D eigenvalue weighted by atomic mass is 16.3. The summed E-state index contributed by atoms with van der Waals surface area (Å²) in [4.78, 5) is 26.8. The molecular formula is C15H15NO3. The summed E-state index contributed by atoms with van der Waals surface area (Å²) in [6.45, 7) is 5.22. The van der Waals surface area contributed by atoms with Gasteiger partial charge < -0.3 is 9.40 Å². The second-order valence-corrected chi connectivity index (χ2v) is 4.51. The Morgan fingerprint density at radius 2 is 2.11 bits per heavy atom. The number of H-pyrrole nitrogens is 1. The minimum absolute atomic E-state index is 0.186. The normalized spacial score (nSPS) is 11.6. The highest BCUT2D eigenvalue weighted by Gasteiger charge is 2.16. The van der Waals surface area contributed by atoms with Gasteiger partial charge in [-0.1, -0.05) is 0 Å². The van der Waals surface area contributed by atoms with E-state index in [-0.39, 0.29) is 16.9 Å². The molecular weight excluding hydrogens is 242 g/mol. The van der Waals surface area contributed by atoms with E-state index >= 15 is 0 Å². The second kappa shape index (κ2) is 5.10. The van der Waals surface area contributed by atoms with Crippen molar-refractivity contribution in [3.63, 3.8) is 0 Å². The molecule has 1 N–H and O–H groups in total. The molecule has 0 amide bonds. The lowest BCUT2D eigenvalue weighted by atomic mass is 10.0. The summed E-state index contributed by atoms with van der Waals surface area (Å²) in [7, 11) is 0. The molecule has 0 unspecified atom stereocenters. The van der Waals surface area contributed by atoms with E-state index in [1.165, 1.54) is 6.26 Å². The Balaban J connectivity index is 2.43. The topological polar surface area (TPSA) is 63.1 Å². The molecule has 0 saturated carbocycles. The van der Waals surface area contributed by atoms with Crippen molar-refractivity contribution in [2.24, 2.45) is 0 Å². The van der Waals surface area contributed by atoms with Gasteiger partial charge in [0.15, 0.2) is 5.78 Å². The monoisotopic (exact) mass is 257 g/mol. The number of Topliss-reactive ketones (excluding diaryl/α,β-unsaturated/α-hetero) is 1. The zero-order valence-electron chi connectivity index (χ0n) is 11.1. The average Bonchev–Trinajstić information content (AvgIpc) is 2.80. The van der Waals surface area contributed by atoms with Crippen LogP contribution in [0.5, 0.6) is 0 Å². The number of carbonyl (C=O) groups is 1. The molecule has 4 nitrogen and oxygen atoms in total. The maximum Gasteiger partial charge on any atom is 0.259 e. The van der Waals surface area contributed by atoms with E-state index in [2.05, 4.69) is 4.98 Å². The number of rotatable bonds is 3. The van der Waals surface area contributed by atoms with Gasteiger partial charge in [0.25, 0.3) is 5.56 Å². The fourth-order valence-electron chi connectivity index (χ4n) is 1.99. The van der Waals surface area contributed by atoms with Crippen molar-refractivity contribution < 1.29 is 9.21 Å². The van der Waals surface area contributed by atoms with E-state index < -0.39 is 0 Å². The minimum atomic E-state index is -0.352. The summed E-state index contributed by atoms with van der Waals surface area (Å²) in [5.41, 5.74) is 1.72. The van der Waals surface area contributed by atoms with Crippen molar-refractivity contribution in [3.05, 3.63) is 63.0 Å². The first kappa shape index (κ1) is 13.1. The number of aromatic nitrogens is 1. The van der Waals surface area contributed by atoms with Crippen LogP contribution in [0.3, 0.4) is 0 Å². The Kier molecular flexibility index (Phi) is 3.51. The summed E-state index contributed by atoms with van der Waals surface area (Å²) in [6, 6.07) is 5.28. The number of allylic oxidation sites excluding steroid dienone is 1. The van der Waals surface area contributed by atoms with Crippen LogP contribution in [-0.4, -0.2) is 10.8 Å². The average molecular weight is 257 g/mol. The van der Waals surface area contributed by atoms with Gasteiger partial charge in [-0.25, -0.2) is 0 Å². The summed E-state index contributed by atoms with van der Waals surface area (Å²) >= 11 is 0. The van der Waals surface area contributed by atoms with Crippen LogP contribution in [0, 0.1) is 13.8 Å². The van der Waals surface area contributed by atoms with Gasteiger partial charge in [-0.2, -0.15) is 0 Å². The number of carbonyl (C=O) groups excluding carboxylic acids is 1. The zero-order chi connectivity index (χ0) is 14.0. The first-order valence-electron chi connectivity index (χ1n) is 5.96. The SMILES string of the molecule is C/C(=C\c1ccco1)C(=O)c1c(C)cc(C)[nH]c1=O. The first-order chi connectivity index (χ1) is 8.99. The quantitative estimate of drug-likeness (QED) is 0.679. The number of nitrogens with one attached hydrogen (secondary N) is 1. The van der Waals surface area contributed by atoms with Crippen molar-refractivity contribution in [1.82, 2.24) is 4.98 Å². The van der Waals surface area contributed by atoms with Gasteiger partial charge in [0.2, 0.25) is 0 Å². The van der Waals surface area contributed by atoms with Crippen LogP contribution < -0.4 is 5.56 Å². The van der Waals surface area contributed by atoms with E-state index in [1.54, 1.807) is 45.0 Å². The van der Waals surface area contributed by atoms with Crippen LogP contribution in [0.25, 0.3) is 6.08 Å². The van der Waals surface area contributed by atoms with Crippen molar-refractivity contribution in [1.29, 1.82) is 0 Å². The molecule has 2 aromatic rings. The number of aromatic amines is 1. The first-order valence-corrected chi connectivity index (χ1v) is 5.96. The predicted molar refractivity (Wildman–Crippen MR) is 73.2 cm³/mol. The maximum absolute atomic E-state index is 12.3. The van der Waals surface area contributed by atoms with Crippen molar-refractivity contribution in [2.45, 2.75) is 20.8 Å². The maximum atomic E-state index is 12.3. The number of aryl methyl sites for hydroxylation is 2. The van der Waals surface area contributed by atoms with Gasteiger partial charge in [0.1, 0.15) is 5.76 Å². The number of ketones is 1. The van der Waals surface area contributed by atoms with Crippen LogP contribution in [0.1, 0.15) is 34.3 Å². The summed E-state index contributed by atoms with van der Waals surface area (Å²) in [5, 5.41) is 0. The third-order valence-corrected chi connectivity index (χ3v) is 2.85. The summed E-state index contributed by atoms with van der Waals surface area (Å²) < 4.78 is 5.16. The highest BCUT2D eigenvalue weighted by molar-refractivity contribution is 6.11. The summed E-state index contributed by atoms with van der Waals surface area (Å²) in [5.74, 6) is 0.308. The highest BCUT2D eigenvalue weighted by Crippen LogP contribution is 2.13. The molecule has 19 heavy (non-hydrogen) atoms. The van der Waals surface area contributed by atoms with E-state index in [1.807, 2.05) is 0 Å². The molecule has 4 heteroatoms. The molecule has 2 aromatic heterocycles. The van der Waals surface area contributed by atoms with E-state index in [9.17, 15) is 9.59 Å². The molecule has 0 aliphatic heterocycles. The molecule has 0 saturated heterocycles. The largest absolute Gasteiger partial charge is 0.465 e. The van der Waals surface area contributed by atoms with Crippen molar-refractivity contribution in [3.8, 4) is 0 Å². The fourth-order valence-corrected chi connectivity index (χ4v) is 1.99. The van der Waals surface area contributed by atoms with Gasteiger partial charge in [-0.15, -0.1) is 0 Å². The second-order valence-electron chi connectivity index (χ2n) is 4.51. The molecule has 0 bridgehead atoms. The van der Waals surface area contributed by atoms with Crippen LogP contribution in [0.2, 0.25) is 0 Å². The molecule has 0 atom stereocenters. The van der Waals surface area contributed by atoms with E-state index in [4.69, 9.17) is 4.42 Å². The number of hydrogen-bond donors (Lipinski definition) is 1. The zero-order valence-corrected chi connectivity index (χ0v) is 11.1. The Hall–Kier alpha value is -2.36. The van der Waals surface area contributed by atoms with Crippen molar-refractivity contribution in [2.75, 3.05) is 0 Å². The Bertz CT molecular complexity index is 691. The smallest absolute Gasteiger partial charge is 0.259 e. The van der Waals surface area contributed by atoms with Crippen LogP contribution >= 0.6 is 0 Å². The van der Waals surface area contributed by atoms with Crippen LogP contribution in [0.15, 0.2) is 39.2 Å². The minimum Gasteiger partial charge on any atom is -0.465 e. The molecule has 0 aromatic carbocycles. The predicted octanol–water partition coefficient (Wildman–Crippen LogP) is 2.87. The molecule has 98 valence electrons. The fraction of sp³-hybridized carbons (Fsp3) is 0.200. The Morgan fingerprint density at radius 3 is 2.68 bits per heavy atom. The summed E-state index contributed by atoms with van der Waals surface area (Å²) in [6.07, 6.45) is 3.16. The molecule has 2 rings (SSSR count). The molecule has 0 aliphatic rings. The number of furan rings is 1. The Morgan fingerprint density at radius 1 is 1.37 bits per heavy atom. The van der Waals surface area contributed by atoms with Gasteiger partial charge in [-0.05, 0) is 50.6 Å². The lowest BCUT2D eigenvalue weighted by Crippen LogP contribution is -2.21. The molecule has 2 heterocycles. The molecule has 0 radical (unpaired) electrons. The third kappa shape index (κ3) is 2.73. The van der Waals surface area contributed by atoms with Gasteiger partial charge >= 0.3 is 0 Å². The molecule has 0 fully saturated rings. The number of pyridine rings is 1. The van der Waals surface area contributed by atoms with Crippen LogP contribution in [-0.2, 0) is 0 Å².